The number of ether oxygens (including phenoxy) is 2. The third-order valence-corrected chi connectivity index (χ3v) is 11.5. The number of unbranched alkanes of at least 4 members (excludes halogenated alkanes) is 5. The van der Waals surface area contributed by atoms with E-state index in [0.717, 1.165) is 42.9 Å². The molecule has 0 N–H and O–H groups in total. The molecule has 4 aliphatic rings. The van der Waals surface area contributed by atoms with E-state index in [2.05, 4.69) is 26.8 Å². The molecule has 3 fully saturated rings. The summed E-state index contributed by atoms with van der Waals surface area (Å²) < 4.78 is 24.7. The van der Waals surface area contributed by atoms with Gasteiger partial charge in [-0.2, -0.15) is 0 Å². The molecule has 0 radical (unpaired) electrons. The number of allylic oxidation sites excluding steroid dienone is 1. The summed E-state index contributed by atoms with van der Waals surface area (Å²) in [7, 11) is 0. The van der Waals surface area contributed by atoms with Gasteiger partial charge in [0.15, 0.2) is 11.6 Å². The standard InChI is InChI=1S/C34H49FO3/c1-4-5-6-7-8-9-12-24-16-18-28-27-17-15-25-23-26(37-32(36)38-31-14-11-10-13-30(31)35)19-21-34(25,3)29(27)20-22-33(24,28)2/h10-11,13-15,24,26-29H,4-9,12,16-23H2,1-3H3/t24-,26-,27-,28-,29-,33+,34-/m0/s1. The molecule has 4 aliphatic carbocycles. The minimum atomic E-state index is -0.797. The van der Waals surface area contributed by atoms with E-state index in [1.807, 2.05) is 0 Å². The maximum Gasteiger partial charge on any atom is 0.514 e. The van der Waals surface area contributed by atoms with Crippen LogP contribution in [0.15, 0.2) is 35.9 Å². The Kier molecular flexibility index (Phi) is 8.55. The largest absolute Gasteiger partial charge is 0.514 e. The van der Waals surface area contributed by atoms with Gasteiger partial charge in [0.05, 0.1) is 0 Å². The Balaban J connectivity index is 1.18. The van der Waals surface area contributed by atoms with Crippen LogP contribution in [0.2, 0.25) is 0 Å². The number of carbonyl (C=O) groups is 1. The summed E-state index contributed by atoms with van der Waals surface area (Å²) in [6.07, 6.45) is 20.9. The lowest BCUT2D eigenvalue weighted by Crippen LogP contribution is -2.50. The zero-order valence-electron chi connectivity index (χ0n) is 24.0. The quantitative estimate of drug-likeness (QED) is 0.139. The predicted molar refractivity (Wildman–Crippen MR) is 150 cm³/mol. The first-order valence-electron chi connectivity index (χ1n) is 15.7. The molecular formula is C34H49FO3. The molecule has 38 heavy (non-hydrogen) atoms. The molecule has 4 heteroatoms. The maximum atomic E-state index is 13.9. The van der Waals surface area contributed by atoms with Crippen LogP contribution in [0, 0.1) is 40.3 Å². The van der Waals surface area contributed by atoms with Crippen molar-refractivity contribution in [3.8, 4) is 5.75 Å². The number of fused-ring (bicyclic) bond motifs is 5. The van der Waals surface area contributed by atoms with Crippen molar-refractivity contribution in [2.24, 2.45) is 34.5 Å². The normalized spacial score (nSPS) is 36.0. The van der Waals surface area contributed by atoms with Crippen LogP contribution in [0.5, 0.6) is 5.75 Å². The van der Waals surface area contributed by atoms with Crippen LogP contribution in [-0.4, -0.2) is 12.3 Å². The Bertz CT molecular complexity index is 1000. The zero-order valence-corrected chi connectivity index (χ0v) is 24.0. The van der Waals surface area contributed by atoms with Gasteiger partial charge < -0.3 is 9.47 Å². The van der Waals surface area contributed by atoms with Crippen molar-refractivity contribution in [2.45, 2.75) is 123 Å². The summed E-state index contributed by atoms with van der Waals surface area (Å²) in [5.41, 5.74) is 2.24. The minimum absolute atomic E-state index is 0.0745. The Labute approximate surface area is 229 Å². The summed E-state index contributed by atoms with van der Waals surface area (Å²) in [6, 6.07) is 5.97. The van der Waals surface area contributed by atoms with Gasteiger partial charge in [-0.15, -0.1) is 0 Å². The van der Waals surface area contributed by atoms with E-state index in [-0.39, 0.29) is 17.3 Å². The Hall–Kier alpha value is -1.84. The summed E-state index contributed by atoms with van der Waals surface area (Å²) in [6.45, 7) is 7.44. The van der Waals surface area contributed by atoms with Crippen LogP contribution in [0.4, 0.5) is 9.18 Å². The maximum absolute atomic E-state index is 13.9. The van der Waals surface area contributed by atoms with Crippen molar-refractivity contribution in [3.05, 3.63) is 41.7 Å². The van der Waals surface area contributed by atoms with Crippen molar-refractivity contribution in [3.63, 3.8) is 0 Å². The fourth-order valence-corrected chi connectivity index (χ4v) is 9.26. The van der Waals surface area contributed by atoms with E-state index < -0.39 is 12.0 Å². The molecule has 3 nitrogen and oxygen atoms in total. The lowest BCUT2D eigenvalue weighted by atomic mass is 9.47. The third-order valence-electron chi connectivity index (χ3n) is 11.5. The number of halogens is 1. The van der Waals surface area contributed by atoms with Gasteiger partial charge in [-0.1, -0.05) is 83.1 Å². The molecule has 3 saturated carbocycles. The average molecular weight is 525 g/mol. The van der Waals surface area contributed by atoms with Crippen molar-refractivity contribution >= 4 is 6.16 Å². The molecule has 0 saturated heterocycles. The lowest BCUT2D eigenvalue weighted by molar-refractivity contribution is -0.0538. The van der Waals surface area contributed by atoms with Crippen molar-refractivity contribution in [2.75, 3.05) is 0 Å². The summed E-state index contributed by atoms with van der Waals surface area (Å²) in [5, 5.41) is 0. The minimum Gasteiger partial charge on any atom is -0.430 e. The first-order chi connectivity index (χ1) is 18.3. The Morgan fingerprint density at radius 1 is 0.974 bits per heavy atom. The highest BCUT2D eigenvalue weighted by Gasteiger charge is 2.58. The topological polar surface area (TPSA) is 35.5 Å². The van der Waals surface area contributed by atoms with E-state index in [1.54, 1.807) is 12.1 Å². The number of para-hydroxylation sites is 1. The highest BCUT2D eigenvalue weighted by atomic mass is 19.1. The van der Waals surface area contributed by atoms with Gasteiger partial charge >= 0.3 is 6.16 Å². The summed E-state index contributed by atoms with van der Waals surface area (Å²) in [5.74, 6) is 2.72. The molecule has 0 aromatic heterocycles. The number of hydrogen-bond donors (Lipinski definition) is 0. The van der Waals surface area contributed by atoms with E-state index >= 15 is 0 Å². The van der Waals surface area contributed by atoms with Crippen LogP contribution in [0.1, 0.15) is 117 Å². The second-order valence-corrected chi connectivity index (χ2v) is 13.4. The van der Waals surface area contributed by atoms with Gasteiger partial charge in [-0.05, 0) is 98.0 Å². The third kappa shape index (κ3) is 5.43. The number of benzene rings is 1. The highest BCUT2D eigenvalue weighted by molar-refractivity contribution is 5.64. The molecule has 0 bridgehead atoms. The summed E-state index contributed by atoms with van der Waals surface area (Å²) >= 11 is 0. The first kappa shape index (κ1) is 27.7. The van der Waals surface area contributed by atoms with Crippen molar-refractivity contribution in [1.82, 2.24) is 0 Å². The molecule has 5 rings (SSSR count). The molecule has 0 unspecified atom stereocenters. The van der Waals surface area contributed by atoms with Crippen LogP contribution in [-0.2, 0) is 4.74 Å². The van der Waals surface area contributed by atoms with Crippen molar-refractivity contribution < 1.29 is 18.7 Å². The van der Waals surface area contributed by atoms with Gasteiger partial charge in [-0.3, -0.25) is 0 Å². The van der Waals surface area contributed by atoms with E-state index in [0.29, 0.717) is 5.41 Å². The van der Waals surface area contributed by atoms with Crippen LogP contribution in [0.3, 0.4) is 0 Å². The Morgan fingerprint density at radius 2 is 1.76 bits per heavy atom. The molecule has 210 valence electrons. The van der Waals surface area contributed by atoms with E-state index in [9.17, 15) is 9.18 Å². The van der Waals surface area contributed by atoms with E-state index in [4.69, 9.17) is 9.47 Å². The molecule has 0 aliphatic heterocycles. The fourth-order valence-electron chi connectivity index (χ4n) is 9.26. The molecule has 0 amide bonds. The summed E-state index contributed by atoms with van der Waals surface area (Å²) in [4.78, 5) is 12.4. The van der Waals surface area contributed by atoms with Gasteiger partial charge in [0.1, 0.15) is 6.10 Å². The second kappa shape index (κ2) is 11.7. The second-order valence-electron chi connectivity index (χ2n) is 13.4. The first-order valence-corrected chi connectivity index (χ1v) is 15.7. The van der Waals surface area contributed by atoms with Crippen molar-refractivity contribution in [1.29, 1.82) is 0 Å². The zero-order chi connectivity index (χ0) is 26.8. The Morgan fingerprint density at radius 3 is 2.58 bits per heavy atom. The van der Waals surface area contributed by atoms with Gasteiger partial charge in [-0.25, -0.2) is 9.18 Å². The number of hydrogen-bond acceptors (Lipinski definition) is 3. The number of carbonyl (C=O) groups excluding carboxylic acids is 1. The highest BCUT2D eigenvalue weighted by Crippen LogP contribution is 2.66. The SMILES string of the molecule is CCCCCCCC[C@H]1CC[C@H]2[C@@H]3CC=C4C[C@@H](OC(=O)Oc5ccccc5F)CC[C@]4(C)[C@H]3CC[C@]12C. The lowest BCUT2D eigenvalue weighted by Gasteiger charge is -2.58. The fraction of sp³-hybridized carbons (Fsp3) is 0.735. The van der Waals surface area contributed by atoms with Crippen LogP contribution >= 0.6 is 0 Å². The predicted octanol–water partition coefficient (Wildman–Crippen LogP) is 10.0. The van der Waals surface area contributed by atoms with Crippen LogP contribution in [0.25, 0.3) is 0 Å². The molecule has 0 spiro atoms. The van der Waals surface area contributed by atoms with Crippen LogP contribution < -0.4 is 4.74 Å². The monoisotopic (exact) mass is 524 g/mol. The average Bonchev–Trinajstić information content (AvgIpc) is 3.24. The molecule has 1 aromatic rings. The van der Waals surface area contributed by atoms with Gasteiger partial charge in [0, 0.05) is 6.42 Å². The van der Waals surface area contributed by atoms with Gasteiger partial charge in [0.25, 0.3) is 0 Å². The number of rotatable bonds is 9. The molecule has 1 aromatic carbocycles. The van der Waals surface area contributed by atoms with Gasteiger partial charge in [0.2, 0.25) is 0 Å². The molecule has 7 atom stereocenters. The molecular weight excluding hydrogens is 475 g/mol. The van der Waals surface area contributed by atoms with E-state index in [1.165, 1.54) is 94.8 Å². The molecule has 0 heterocycles. The smallest absolute Gasteiger partial charge is 0.430 e.